The lowest BCUT2D eigenvalue weighted by atomic mass is 10.3. The standard InChI is InChI=1S/C21H26N4O5S2/c1-4-31(26,27)12-11-30-19-6-8-20(9-7-19)32(28,29)23-15-18-5-10-21(22-14-18)25-17(3)13-16(2)24-25/h5-10,13-14,23H,4,11-12,15H2,1-3H3. The predicted octanol–water partition coefficient (Wildman–Crippen LogP) is 2.18. The summed E-state index contributed by atoms with van der Waals surface area (Å²) in [6, 6.07) is 11.4. The van der Waals surface area contributed by atoms with E-state index in [1.165, 1.54) is 24.3 Å². The maximum absolute atomic E-state index is 12.6. The lowest BCUT2D eigenvalue weighted by molar-refractivity contribution is 0.340. The normalized spacial score (nSPS) is 12.1. The summed E-state index contributed by atoms with van der Waals surface area (Å²) in [4.78, 5) is 4.45. The zero-order valence-corrected chi connectivity index (χ0v) is 19.8. The number of nitrogens with one attached hydrogen (secondary N) is 1. The number of sulfonamides is 1. The van der Waals surface area contributed by atoms with Crippen LogP contribution >= 0.6 is 0 Å². The van der Waals surface area contributed by atoms with Gasteiger partial charge in [0.25, 0.3) is 0 Å². The summed E-state index contributed by atoms with van der Waals surface area (Å²) >= 11 is 0. The summed E-state index contributed by atoms with van der Waals surface area (Å²) in [6.45, 7) is 5.52. The van der Waals surface area contributed by atoms with Crippen LogP contribution in [0.2, 0.25) is 0 Å². The molecular weight excluding hydrogens is 452 g/mol. The molecule has 9 nitrogen and oxygen atoms in total. The second-order valence-electron chi connectivity index (χ2n) is 7.24. The van der Waals surface area contributed by atoms with Gasteiger partial charge in [-0.25, -0.2) is 31.2 Å². The number of sulfone groups is 1. The molecule has 0 saturated heterocycles. The van der Waals surface area contributed by atoms with Crippen molar-refractivity contribution in [2.24, 2.45) is 0 Å². The second kappa shape index (κ2) is 9.80. The first-order valence-electron chi connectivity index (χ1n) is 10.0. The number of hydrogen-bond acceptors (Lipinski definition) is 7. The topological polar surface area (TPSA) is 120 Å². The van der Waals surface area contributed by atoms with Gasteiger partial charge in [-0.15, -0.1) is 0 Å². The summed E-state index contributed by atoms with van der Waals surface area (Å²) in [7, 11) is -6.85. The first kappa shape index (κ1) is 23.9. The maximum Gasteiger partial charge on any atom is 0.240 e. The number of rotatable bonds is 10. The Kier molecular flexibility index (Phi) is 7.32. The molecule has 0 amide bonds. The van der Waals surface area contributed by atoms with E-state index in [9.17, 15) is 16.8 Å². The van der Waals surface area contributed by atoms with E-state index in [2.05, 4.69) is 14.8 Å². The van der Waals surface area contributed by atoms with Crippen molar-refractivity contribution in [1.82, 2.24) is 19.5 Å². The van der Waals surface area contributed by atoms with E-state index in [1.54, 1.807) is 29.9 Å². The van der Waals surface area contributed by atoms with Crippen molar-refractivity contribution in [2.45, 2.75) is 32.2 Å². The molecule has 0 atom stereocenters. The molecule has 0 aliphatic heterocycles. The molecule has 0 bridgehead atoms. The summed E-state index contributed by atoms with van der Waals surface area (Å²) < 4.78 is 57.8. The average molecular weight is 479 g/mol. The quantitative estimate of drug-likeness (QED) is 0.474. The zero-order chi connectivity index (χ0) is 23.4. The predicted molar refractivity (Wildman–Crippen MR) is 121 cm³/mol. The summed E-state index contributed by atoms with van der Waals surface area (Å²) in [5, 5.41) is 4.38. The van der Waals surface area contributed by atoms with Crippen LogP contribution in [0.4, 0.5) is 0 Å². The Morgan fingerprint density at radius 3 is 2.31 bits per heavy atom. The highest BCUT2D eigenvalue weighted by molar-refractivity contribution is 7.91. The Bertz CT molecular complexity index is 1270. The Labute approximate surface area is 188 Å². The molecule has 0 saturated carbocycles. The first-order valence-corrected chi connectivity index (χ1v) is 13.3. The highest BCUT2D eigenvalue weighted by atomic mass is 32.2. The van der Waals surface area contributed by atoms with E-state index in [4.69, 9.17) is 4.74 Å². The van der Waals surface area contributed by atoms with Crippen LogP contribution in [0, 0.1) is 13.8 Å². The average Bonchev–Trinajstić information content (AvgIpc) is 3.11. The van der Waals surface area contributed by atoms with Crippen molar-refractivity contribution in [2.75, 3.05) is 18.1 Å². The molecular formula is C21H26N4O5S2. The largest absolute Gasteiger partial charge is 0.493 e. The molecule has 32 heavy (non-hydrogen) atoms. The van der Waals surface area contributed by atoms with E-state index in [0.717, 1.165) is 11.4 Å². The highest BCUT2D eigenvalue weighted by Crippen LogP contribution is 2.17. The summed E-state index contributed by atoms with van der Waals surface area (Å²) in [5.41, 5.74) is 2.56. The minimum atomic E-state index is -3.74. The van der Waals surface area contributed by atoms with Gasteiger partial charge in [0, 0.05) is 24.2 Å². The van der Waals surface area contributed by atoms with Crippen LogP contribution in [0.5, 0.6) is 5.75 Å². The molecule has 3 aromatic rings. The third-order valence-corrected chi connectivity index (χ3v) is 7.82. The molecule has 2 aromatic heterocycles. The number of pyridine rings is 1. The van der Waals surface area contributed by atoms with E-state index in [-0.39, 0.29) is 29.6 Å². The summed E-state index contributed by atoms with van der Waals surface area (Å²) in [6.07, 6.45) is 1.61. The maximum atomic E-state index is 12.6. The van der Waals surface area contributed by atoms with Crippen LogP contribution in [0.3, 0.4) is 0 Å². The second-order valence-corrected chi connectivity index (χ2v) is 11.5. The van der Waals surface area contributed by atoms with Crippen LogP contribution in [-0.2, 0) is 26.4 Å². The Hall–Kier alpha value is -2.76. The number of ether oxygens (including phenoxy) is 1. The van der Waals surface area contributed by atoms with Gasteiger partial charge in [0.15, 0.2) is 15.7 Å². The molecule has 172 valence electrons. The van der Waals surface area contributed by atoms with Crippen molar-refractivity contribution in [3.63, 3.8) is 0 Å². The van der Waals surface area contributed by atoms with E-state index in [0.29, 0.717) is 17.1 Å². The lowest BCUT2D eigenvalue weighted by Crippen LogP contribution is -2.23. The van der Waals surface area contributed by atoms with Gasteiger partial charge >= 0.3 is 0 Å². The molecule has 2 heterocycles. The number of aryl methyl sites for hydroxylation is 2. The van der Waals surface area contributed by atoms with E-state index < -0.39 is 19.9 Å². The summed E-state index contributed by atoms with van der Waals surface area (Å²) in [5.74, 6) is 1.03. The third kappa shape index (κ3) is 6.15. The number of aromatic nitrogens is 3. The van der Waals surface area contributed by atoms with E-state index >= 15 is 0 Å². The lowest BCUT2D eigenvalue weighted by Gasteiger charge is -2.10. The number of hydrogen-bond donors (Lipinski definition) is 1. The van der Waals surface area contributed by atoms with Crippen LogP contribution in [0.25, 0.3) is 5.82 Å². The van der Waals surface area contributed by atoms with Crippen molar-refractivity contribution in [1.29, 1.82) is 0 Å². The first-order chi connectivity index (χ1) is 15.1. The van der Waals surface area contributed by atoms with Crippen LogP contribution in [0.15, 0.2) is 53.6 Å². The van der Waals surface area contributed by atoms with Crippen molar-refractivity contribution in [3.8, 4) is 11.6 Å². The van der Waals surface area contributed by atoms with Gasteiger partial charge in [-0.2, -0.15) is 5.10 Å². The molecule has 0 spiro atoms. The van der Waals surface area contributed by atoms with Crippen molar-refractivity contribution >= 4 is 19.9 Å². The fourth-order valence-electron chi connectivity index (χ4n) is 2.91. The molecule has 0 aliphatic carbocycles. The fraction of sp³-hybridized carbons (Fsp3) is 0.333. The van der Waals surface area contributed by atoms with Gasteiger partial charge in [-0.1, -0.05) is 13.0 Å². The van der Waals surface area contributed by atoms with Crippen molar-refractivity contribution in [3.05, 3.63) is 65.6 Å². The molecule has 1 N–H and O–H groups in total. The van der Waals surface area contributed by atoms with Crippen molar-refractivity contribution < 1.29 is 21.6 Å². The van der Waals surface area contributed by atoms with Gasteiger partial charge in [0.2, 0.25) is 10.0 Å². The van der Waals surface area contributed by atoms with E-state index in [1.807, 2.05) is 19.9 Å². The molecule has 3 rings (SSSR count). The number of benzene rings is 1. The molecule has 0 fully saturated rings. The Morgan fingerprint density at radius 2 is 1.75 bits per heavy atom. The minimum absolute atomic E-state index is 0.0150. The zero-order valence-electron chi connectivity index (χ0n) is 18.1. The number of nitrogens with zero attached hydrogens (tertiary/aromatic N) is 3. The highest BCUT2D eigenvalue weighted by Gasteiger charge is 2.14. The Balaban J connectivity index is 1.58. The third-order valence-electron chi connectivity index (χ3n) is 4.74. The molecule has 0 aliphatic rings. The SMILES string of the molecule is CCS(=O)(=O)CCOc1ccc(S(=O)(=O)NCc2ccc(-n3nc(C)cc3C)nc2)cc1. The van der Waals surface area contributed by atoms with Gasteiger partial charge in [0.1, 0.15) is 12.4 Å². The molecule has 0 unspecified atom stereocenters. The van der Waals surface area contributed by atoms with Crippen LogP contribution < -0.4 is 9.46 Å². The van der Waals surface area contributed by atoms with Crippen LogP contribution in [-0.4, -0.2) is 49.7 Å². The van der Waals surface area contributed by atoms with Gasteiger partial charge in [0.05, 0.1) is 16.3 Å². The van der Waals surface area contributed by atoms with Gasteiger partial charge in [-0.05, 0) is 55.8 Å². The molecule has 0 radical (unpaired) electrons. The minimum Gasteiger partial charge on any atom is -0.493 e. The van der Waals surface area contributed by atoms with Gasteiger partial charge < -0.3 is 4.74 Å². The van der Waals surface area contributed by atoms with Gasteiger partial charge in [-0.3, -0.25) is 0 Å². The Morgan fingerprint density at radius 1 is 1.03 bits per heavy atom. The monoisotopic (exact) mass is 478 g/mol. The molecule has 11 heteroatoms. The smallest absolute Gasteiger partial charge is 0.240 e. The van der Waals surface area contributed by atoms with Crippen LogP contribution in [0.1, 0.15) is 23.9 Å². The molecule has 1 aromatic carbocycles. The fourth-order valence-corrected chi connectivity index (χ4v) is 4.56.